The maximum Gasteiger partial charge on any atom is 0.150 e. The van der Waals surface area contributed by atoms with Crippen molar-refractivity contribution in [2.24, 2.45) is 0 Å². The Balaban J connectivity index is 1.12. The fourth-order valence-corrected chi connectivity index (χ4v) is 7.87. The first kappa shape index (κ1) is 28.0. The van der Waals surface area contributed by atoms with E-state index in [4.69, 9.17) is 19.7 Å². The lowest BCUT2D eigenvalue weighted by molar-refractivity contribution is 0.484. The average Bonchev–Trinajstić information content (AvgIpc) is 3.75. The fraction of sp³-hybridized carbons (Fsp3) is 0.0465. The van der Waals surface area contributed by atoms with Crippen molar-refractivity contribution >= 4 is 77.0 Å². The fourth-order valence-electron chi connectivity index (χ4n) is 7.87. The normalized spacial score (nSPS) is 12.1. The quantitative estimate of drug-likeness (QED) is 0.176. The van der Waals surface area contributed by atoms with Crippen LogP contribution in [0.3, 0.4) is 0 Å². The van der Waals surface area contributed by atoms with E-state index in [1.807, 2.05) is 42.6 Å². The number of aryl methyl sites for hydroxylation is 2. The Hall–Kier alpha value is -6.93. The molecule has 240 valence electrons. The summed E-state index contributed by atoms with van der Waals surface area (Å²) in [4.78, 5) is 24.5. The average molecular weight is 658 g/mol. The summed E-state index contributed by atoms with van der Waals surface area (Å²) in [5.41, 5.74) is 11.7. The summed E-state index contributed by atoms with van der Waals surface area (Å²) in [5, 5.41) is 6.04. The molecular weight excluding hydrogens is 631 g/mol. The van der Waals surface area contributed by atoms with Gasteiger partial charge in [0.05, 0.1) is 27.8 Å². The Morgan fingerprint density at radius 1 is 0.490 bits per heavy atom. The lowest BCUT2D eigenvalue weighted by Gasteiger charge is -2.14. The molecule has 0 saturated heterocycles. The third-order valence-electron chi connectivity index (χ3n) is 10.1. The summed E-state index contributed by atoms with van der Waals surface area (Å²) in [6.45, 7) is 4.29. The molecule has 0 spiro atoms. The van der Waals surface area contributed by atoms with Gasteiger partial charge in [-0.2, -0.15) is 0 Å². The molecule has 5 aromatic carbocycles. The molecule has 11 rings (SSSR count). The molecule has 0 atom stereocenters. The molecule has 11 aromatic rings. The number of para-hydroxylation sites is 4. The lowest BCUT2D eigenvalue weighted by atomic mass is 9.99. The molecule has 0 unspecified atom stereocenters. The summed E-state index contributed by atoms with van der Waals surface area (Å²) in [5.74, 6) is 1.42. The van der Waals surface area contributed by atoms with Crippen LogP contribution in [0, 0.1) is 13.8 Å². The molecule has 0 N–H and O–H groups in total. The first-order chi connectivity index (χ1) is 25.1. The van der Waals surface area contributed by atoms with Gasteiger partial charge in [-0.3, -0.25) is 8.80 Å². The number of pyridine rings is 3. The van der Waals surface area contributed by atoms with E-state index in [-0.39, 0.29) is 0 Å². The van der Waals surface area contributed by atoms with Crippen molar-refractivity contribution in [1.29, 1.82) is 0 Å². The Labute approximate surface area is 290 Å². The Morgan fingerprint density at radius 3 is 1.73 bits per heavy atom. The highest BCUT2D eigenvalue weighted by molar-refractivity contribution is 6.14. The van der Waals surface area contributed by atoms with Gasteiger partial charge in [0.15, 0.2) is 0 Å². The van der Waals surface area contributed by atoms with E-state index in [2.05, 4.69) is 111 Å². The zero-order valence-corrected chi connectivity index (χ0v) is 27.7. The van der Waals surface area contributed by atoms with E-state index in [1.54, 1.807) is 6.33 Å². The predicted octanol–water partition coefficient (Wildman–Crippen LogP) is 10.2. The second kappa shape index (κ2) is 10.3. The van der Waals surface area contributed by atoms with Crippen LogP contribution in [0.5, 0.6) is 11.5 Å². The highest BCUT2D eigenvalue weighted by Crippen LogP contribution is 2.38. The third-order valence-corrected chi connectivity index (χ3v) is 10.1. The number of rotatable bonds is 3. The van der Waals surface area contributed by atoms with E-state index in [1.165, 1.54) is 11.1 Å². The van der Waals surface area contributed by atoms with E-state index >= 15 is 0 Å². The van der Waals surface area contributed by atoms with Crippen LogP contribution < -0.4 is 4.74 Å². The summed E-state index contributed by atoms with van der Waals surface area (Å²) in [6, 6.07) is 39.5. The Morgan fingerprint density at radius 2 is 1.06 bits per heavy atom. The molecule has 0 fully saturated rings. The molecule has 0 aliphatic carbocycles. The van der Waals surface area contributed by atoms with Gasteiger partial charge in [0, 0.05) is 33.3 Å². The van der Waals surface area contributed by atoms with Crippen molar-refractivity contribution in [3.05, 3.63) is 139 Å². The van der Waals surface area contributed by atoms with Gasteiger partial charge < -0.3 is 4.74 Å². The first-order valence-corrected chi connectivity index (χ1v) is 16.9. The molecule has 0 saturated carbocycles. The molecular formula is C43H27N7O. The minimum atomic E-state index is 0.706. The zero-order valence-electron chi connectivity index (χ0n) is 27.7. The topological polar surface area (TPSA) is 82.5 Å². The largest absolute Gasteiger partial charge is 0.457 e. The van der Waals surface area contributed by atoms with Crippen LogP contribution >= 0.6 is 0 Å². The number of fused-ring (bicyclic) bond motifs is 16. The molecule has 0 aliphatic rings. The second-order valence-corrected chi connectivity index (χ2v) is 13.1. The SMILES string of the molecule is Cc1cccc(C)c1-c1ccc2c3ccc(Oc4ccc5c6cncnc6n6c7ccccc7nc6c5c4)cc3c3nc4ccccc4n3c2n1. The van der Waals surface area contributed by atoms with Gasteiger partial charge in [-0.15, -0.1) is 0 Å². The smallest absolute Gasteiger partial charge is 0.150 e. The predicted molar refractivity (Wildman–Crippen MR) is 204 cm³/mol. The number of imidazole rings is 2. The van der Waals surface area contributed by atoms with E-state index in [0.29, 0.717) is 11.5 Å². The van der Waals surface area contributed by atoms with Gasteiger partial charge in [-0.25, -0.2) is 24.9 Å². The Kier molecular flexibility index (Phi) is 5.64. The van der Waals surface area contributed by atoms with Crippen LogP contribution in [0.15, 0.2) is 128 Å². The number of hydrogen-bond acceptors (Lipinski definition) is 6. The van der Waals surface area contributed by atoms with Crippen LogP contribution in [0.1, 0.15) is 11.1 Å². The molecule has 0 bridgehead atoms. The molecule has 0 aliphatic heterocycles. The van der Waals surface area contributed by atoms with Crippen LogP contribution in [0.2, 0.25) is 0 Å². The summed E-state index contributed by atoms with van der Waals surface area (Å²) in [6.07, 6.45) is 3.45. The number of aromatic nitrogens is 7. The van der Waals surface area contributed by atoms with Gasteiger partial charge >= 0.3 is 0 Å². The van der Waals surface area contributed by atoms with E-state index in [9.17, 15) is 0 Å². The monoisotopic (exact) mass is 657 g/mol. The highest BCUT2D eigenvalue weighted by atomic mass is 16.5. The number of benzene rings is 5. The van der Waals surface area contributed by atoms with Crippen LogP contribution in [0.25, 0.3) is 88.2 Å². The zero-order chi connectivity index (χ0) is 33.8. The van der Waals surface area contributed by atoms with Crippen molar-refractivity contribution in [3.63, 3.8) is 0 Å². The molecule has 6 aromatic heterocycles. The van der Waals surface area contributed by atoms with Gasteiger partial charge in [-0.05, 0) is 109 Å². The molecule has 6 heterocycles. The minimum absolute atomic E-state index is 0.706. The van der Waals surface area contributed by atoms with Crippen molar-refractivity contribution in [3.8, 4) is 22.8 Å². The van der Waals surface area contributed by atoms with E-state index < -0.39 is 0 Å². The maximum atomic E-state index is 6.65. The van der Waals surface area contributed by atoms with Crippen molar-refractivity contribution in [2.45, 2.75) is 13.8 Å². The molecule has 51 heavy (non-hydrogen) atoms. The summed E-state index contributed by atoms with van der Waals surface area (Å²) >= 11 is 0. The highest BCUT2D eigenvalue weighted by Gasteiger charge is 2.19. The van der Waals surface area contributed by atoms with E-state index in [0.717, 1.165) is 88.2 Å². The van der Waals surface area contributed by atoms with Gasteiger partial charge in [-0.1, -0.05) is 42.5 Å². The number of hydrogen-bond donors (Lipinski definition) is 0. The standard InChI is InChI=1S/C43H27N7O/c1-24-8-7-9-25(2)39(24)36-19-18-30-28-16-14-26(20-31(28)43-47-35-11-4-6-13-38(35)50(43)41(30)48-36)51-27-15-17-29-32(21-27)42-46-34-10-3-5-12-37(34)49(42)40-33(29)22-44-23-45-40/h3-23H,1-2H3. The van der Waals surface area contributed by atoms with Gasteiger partial charge in [0.2, 0.25) is 0 Å². The number of ether oxygens (including phenoxy) is 1. The summed E-state index contributed by atoms with van der Waals surface area (Å²) in [7, 11) is 0. The van der Waals surface area contributed by atoms with Crippen molar-refractivity contribution in [2.75, 3.05) is 0 Å². The number of nitrogens with zero attached hydrogens (tertiary/aromatic N) is 7. The van der Waals surface area contributed by atoms with Gasteiger partial charge in [0.25, 0.3) is 0 Å². The van der Waals surface area contributed by atoms with Crippen molar-refractivity contribution < 1.29 is 4.74 Å². The first-order valence-electron chi connectivity index (χ1n) is 16.9. The Bertz CT molecular complexity index is 3250. The maximum absolute atomic E-state index is 6.65. The van der Waals surface area contributed by atoms with Gasteiger partial charge in [0.1, 0.15) is 40.4 Å². The van der Waals surface area contributed by atoms with Crippen LogP contribution in [-0.4, -0.2) is 33.7 Å². The molecule has 0 radical (unpaired) electrons. The second-order valence-electron chi connectivity index (χ2n) is 13.1. The summed E-state index contributed by atoms with van der Waals surface area (Å²) < 4.78 is 10.9. The lowest BCUT2D eigenvalue weighted by Crippen LogP contribution is -1.98. The third kappa shape index (κ3) is 3.98. The molecule has 8 heteroatoms. The minimum Gasteiger partial charge on any atom is -0.457 e. The molecule has 0 amide bonds. The molecule has 8 nitrogen and oxygen atoms in total. The van der Waals surface area contributed by atoms with Crippen molar-refractivity contribution in [1.82, 2.24) is 33.7 Å². The van der Waals surface area contributed by atoms with Crippen LogP contribution in [-0.2, 0) is 0 Å². The van der Waals surface area contributed by atoms with Crippen LogP contribution in [0.4, 0.5) is 0 Å².